The van der Waals surface area contributed by atoms with Crippen molar-refractivity contribution in [2.75, 3.05) is 44.4 Å². The summed E-state index contributed by atoms with van der Waals surface area (Å²) in [6.45, 7) is 6.09. The van der Waals surface area contributed by atoms with Gasteiger partial charge in [-0.3, -0.25) is 4.79 Å². The number of aryl methyl sites for hydroxylation is 2. The summed E-state index contributed by atoms with van der Waals surface area (Å²) in [5.74, 6) is -0.116. The number of thiazole rings is 1. The van der Waals surface area contributed by atoms with Crippen LogP contribution in [-0.4, -0.2) is 50.0 Å². The number of nitrogens with zero attached hydrogens (tertiary/aromatic N) is 3. The summed E-state index contributed by atoms with van der Waals surface area (Å²) >= 11 is 1.64. The van der Waals surface area contributed by atoms with Gasteiger partial charge >= 0.3 is 0 Å². The second-order valence-electron chi connectivity index (χ2n) is 8.75. The van der Waals surface area contributed by atoms with E-state index in [1.165, 1.54) is 16.7 Å². The Labute approximate surface area is 211 Å². The van der Waals surface area contributed by atoms with Crippen molar-refractivity contribution < 1.29 is 4.79 Å². The van der Waals surface area contributed by atoms with Crippen LogP contribution in [-0.2, 0) is 0 Å². The molecular formula is C27H31ClN4OS. The number of aromatic nitrogens is 1. The third-order valence-corrected chi connectivity index (χ3v) is 6.82. The first-order chi connectivity index (χ1) is 15.8. The van der Waals surface area contributed by atoms with Crippen molar-refractivity contribution in [3.8, 4) is 11.1 Å². The molecule has 5 nitrogen and oxygen atoms in total. The highest BCUT2D eigenvalue weighted by Gasteiger charge is 2.12. The molecule has 0 atom stereocenters. The molecule has 4 rings (SSSR count). The molecule has 1 heterocycles. The summed E-state index contributed by atoms with van der Waals surface area (Å²) < 4.78 is 1.06. The average Bonchev–Trinajstić information content (AvgIpc) is 3.21. The fourth-order valence-electron chi connectivity index (χ4n) is 3.74. The van der Waals surface area contributed by atoms with Crippen molar-refractivity contribution in [1.82, 2.24) is 9.88 Å². The number of halogens is 1. The molecule has 0 bridgehead atoms. The molecule has 34 heavy (non-hydrogen) atoms. The first-order valence-electron chi connectivity index (χ1n) is 11.1. The molecule has 4 aromatic rings. The van der Waals surface area contributed by atoms with E-state index in [1.54, 1.807) is 11.3 Å². The quantitative estimate of drug-likeness (QED) is 0.330. The van der Waals surface area contributed by atoms with Gasteiger partial charge in [0.25, 0.3) is 5.91 Å². The molecule has 1 N–H and O–H groups in total. The maximum atomic E-state index is 12.8. The number of hydrogen-bond donors (Lipinski definition) is 1. The smallest absolute Gasteiger partial charge is 0.255 e. The zero-order valence-corrected chi connectivity index (χ0v) is 21.9. The summed E-state index contributed by atoms with van der Waals surface area (Å²) in [7, 11) is 6.20. The summed E-state index contributed by atoms with van der Waals surface area (Å²) in [5, 5.41) is 4.01. The monoisotopic (exact) mass is 494 g/mol. The van der Waals surface area contributed by atoms with Gasteiger partial charge in [-0.15, -0.1) is 12.4 Å². The maximum Gasteiger partial charge on any atom is 0.255 e. The molecular weight excluding hydrogens is 464 g/mol. The van der Waals surface area contributed by atoms with Gasteiger partial charge in [-0.1, -0.05) is 47.2 Å². The van der Waals surface area contributed by atoms with Crippen LogP contribution in [0.15, 0.2) is 60.7 Å². The molecule has 178 valence electrons. The number of anilines is 2. The lowest BCUT2D eigenvalue weighted by atomic mass is 9.98. The third kappa shape index (κ3) is 5.95. The molecule has 0 aliphatic carbocycles. The molecule has 3 aromatic carbocycles. The number of nitrogens with one attached hydrogen (secondary N) is 1. The number of benzene rings is 3. The van der Waals surface area contributed by atoms with E-state index in [0.717, 1.165) is 39.7 Å². The highest BCUT2D eigenvalue weighted by Crippen LogP contribution is 2.30. The van der Waals surface area contributed by atoms with Gasteiger partial charge in [0, 0.05) is 31.4 Å². The van der Waals surface area contributed by atoms with E-state index in [-0.39, 0.29) is 18.3 Å². The number of rotatable bonds is 7. The number of amides is 1. The Hall–Kier alpha value is -2.93. The SMILES string of the molecule is Cc1ccc(-c2ccc(C(=O)Nc3ccc4nc(N(C)CCN(C)C)sc4c3)cc2)c(C)c1.Cl. The summed E-state index contributed by atoms with van der Waals surface area (Å²) in [4.78, 5) is 21.9. The lowest BCUT2D eigenvalue weighted by molar-refractivity contribution is 0.102. The summed E-state index contributed by atoms with van der Waals surface area (Å²) in [5.41, 5.74) is 7.14. The van der Waals surface area contributed by atoms with Crippen LogP contribution in [0.4, 0.5) is 10.8 Å². The van der Waals surface area contributed by atoms with E-state index in [9.17, 15) is 4.79 Å². The van der Waals surface area contributed by atoms with E-state index in [1.807, 2.05) is 42.5 Å². The van der Waals surface area contributed by atoms with Gasteiger partial charge in [-0.05, 0) is 75.0 Å². The molecule has 0 unspecified atom stereocenters. The van der Waals surface area contributed by atoms with Crippen LogP contribution in [0.2, 0.25) is 0 Å². The number of carbonyl (C=O) groups excluding carboxylic acids is 1. The average molecular weight is 495 g/mol. The van der Waals surface area contributed by atoms with Gasteiger partial charge in [0.15, 0.2) is 5.13 Å². The van der Waals surface area contributed by atoms with Crippen LogP contribution >= 0.6 is 23.7 Å². The van der Waals surface area contributed by atoms with Crippen LogP contribution in [0.1, 0.15) is 21.5 Å². The lowest BCUT2D eigenvalue weighted by Gasteiger charge is -2.18. The lowest BCUT2D eigenvalue weighted by Crippen LogP contribution is -2.28. The zero-order valence-electron chi connectivity index (χ0n) is 20.3. The van der Waals surface area contributed by atoms with Gasteiger partial charge in [0.05, 0.1) is 10.2 Å². The van der Waals surface area contributed by atoms with Crippen LogP contribution in [0.3, 0.4) is 0 Å². The van der Waals surface area contributed by atoms with Crippen LogP contribution in [0, 0.1) is 13.8 Å². The Morgan fingerprint density at radius 3 is 2.35 bits per heavy atom. The highest BCUT2D eigenvalue weighted by atomic mass is 35.5. The fourth-order valence-corrected chi connectivity index (χ4v) is 4.73. The second-order valence-corrected chi connectivity index (χ2v) is 9.76. The number of likely N-dealkylation sites (N-methyl/N-ethyl adjacent to an activating group) is 2. The van der Waals surface area contributed by atoms with E-state index in [2.05, 4.69) is 68.3 Å². The Balaban J connectivity index is 0.00000324. The highest BCUT2D eigenvalue weighted by molar-refractivity contribution is 7.22. The molecule has 1 aromatic heterocycles. The van der Waals surface area contributed by atoms with E-state index >= 15 is 0 Å². The van der Waals surface area contributed by atoms with Crippen molar-refractivity contribution in [2.45, 2.75) is 13.8 Å². The van der Waals surface area contributed by atoms with Gasteiger partial charge in [-0.2, -0.15) is 0 Å². The number of hydrogen-bond acceptors (Lipinski definition) is 5. The third-order valence-electron chi connectivity index (χ3n) is 5.68. The molecule has 0 radical (unpaired) electrons. The topological polar surface area (TPSA) is 48.5 Å². The molecule has 0 saturated heterocycles. The maximum absolute atomic E-state index is 12.8. The van der Waals surface area contributed by atoms with Crippen molar-refractivity contribution >= 4 is 50.7 Å². The molecule has 0 aliphatic rings. The zero-order chi connectivity index (χ0) is 23.5. The number of carbonyl (C=O) groups is 1. The Morgan fingerprint density at radius 1 is 0.941 bits per heavy atom. The van der Waals surface area contributed by atoms with Gasteiger partial charge in [0.2, 0.25) is 0 Å². The van der Waals surface area contributed by atoms with Crippen LogP contribution in [0.5, 0.6) is 0 Å². The van der Waals surface area contributed by atoms with Crippen molar-refractivity contribution in [3.05, 3.63) is 77.4 Å². The van der Waals surface area contributed by atoms with Gasteiger partial charge in [-0.25, -0.2) is 4.98 Å². The second kappa shape index (κ2) is 11.0. The summed E-state index contributed by atoms with van der Waals surface area (Å²) in [6, 6.07) is 20.1. The fraction of sp³-hybridized carbons (Fsp3) is 0.259. The van der Waals surface area contributed by atoms with Crippen LogP contribution < -0.4 is 10.2 Å². The van der Waals surface area contributed by atoms with Crippen molar-refractivity contribution in [1.29, 1.82) is 0 Å². The molecule has 0 fully saturated rings. The Bertz CT molecular complexity index is 1280. The van der Waals surface area contributed by atoms with E-state index in [4.69, 9.17) is 4.98 Å². The van der Waals surface area contributed by atoms with Gasteiger partial charge in [0.1, 0.15) is 0 Å². The normalized spacial score (nSPS) is 10.9. The predicted molar refractivity (Wildman–Crippen MR) is 148 cm³/mol. The van der Waals surface area contributed by atoms with Gasteiger partial charge < -0.3 is 15.1 Å². The molecule has 0 aliphatic heterocycles. The first-order valence-corrected chi connectivity index (χ1v) is 11.9. The standard InChI is InChI=1S/C27H30N4OS.ClH/c1-18-6-12-23(19(2)16-18)20-7-9-21(10-8-20)26(32)28-22-11-13-24-25(17-22)33-27(29-24)31(5)15-14-30(3)4;/h6-13,16-17H,14-15H2,1-5H3,(H,28,32);1H. The molecule has 0 saturated carbocycles. The Morgan fingerprint density at radius 2 is 1.68 bits per heavy atom. The van der Waals surface area contributed by atoms with Crippen LogP contribution in [0.25, 0.3) is 21.3 Å². The first kappa shape index (κ1) is 25.7. The molecule has 0 spiro atoms. The van der Waals surface area contributed by atoms with E-state index in [0.29, 0.717) is 5.56 Å². The molecule has 7 heteroatoms. The minimum atomic E-state index is -0.116. The summed E-state index contributed by atoms with van der Waals surface area (Å²) in [6.07, 6.45) is 0. The number of fused-ring (bicyclic) bond motifs is 1. The Kier molecular flexibility index (Phi) is 8.31. The largest absolute Gasteiger partial charge is 0.350 e. The van der Waals surface area contributed by atoms with E-state index < -0.39 is 0 Å². The minimum absolute atomic E-state index is 0. The van der Waals surface area contributed by atoms with Crippen molar-refractivity contribution in [3.63, 3.8) is 0 Å². The molecule has 1 amide bonds. The predicted octanol–water partition coefficient (Wildman–Crippen LogP) is 6.25. The van der Waals surface area contributed by atoms with Crippen molar-refractivity contribution in [2.24, 2.45) is 0 Å². The minimum Gasteiger partial charge on any atom is -0.350 e.